The molecule has 4 rings (SSSR count). The summed E-state index contributed by atoms with van der Waals surface area (Å²) in [5.74, 6) is 0.726. The first-order valence-electron chi connectivity index (χ1n) is 9.18. The highest BCUT2D eigenvalue weighted by atomic mass is 32.1. The lowest BCUT2D eigenvalue weighted by atomic mass is 10.1. The molecule has 1 N–H and O–H groups in total. The average Bonchev–Trinajstić information content (AvgIpc) is 3.27. The molecule has 0 atom stereocenters. The molecule has 4 aromatic rings. The fraction of sp³-hybridized carbons (Fsp3) is 0.130. The molecule has 2 aromatic carbocycles. The van der Waals surface area contributed by atoms with Crippen molar-refractivity contribution in [2.45, 2.75) is 13.5 Å². The molecule has 0 aliphatic carbocycles. The molecule has 2 heterocycles. The van der Waals surface area contributed by atoms with Crippen LogP contribution in [0.1, 0.15) is 22.8 Å². The second-order valence-electron chi connectivity index (χ2n) is 6.31. The van der Waals surface area contributed by atoms with Gasteiger partial charge in [0.1, 0.15) is 5.75 Å². The fourth-order valence-corrected chi connectivity index (χ4v) is 3.75. The van der Waals surface area contributed by atoms with Gasteiger partial charge in [-0.3, -0.25) is 4.79 Å². The number of fused-ring (bicyclic) bond motifs is 1. The van der Waals surface area contributed by atoms with E-state index in [-0.39, 0.29) is 5.91 Å². The molecule has 2 aromatic heterocycles. The summed E-state index contributed by atoms with van der Waals surface area (Å²) < 4.78 is 5.46. The summed E-state index contributed by atoms with van der Waals surface area (Å²) >= 11 is 1.61. The van der Waals surface area contributed by atoms with Gasteiger partial charge in [0.25, 0.3) is 5.91 Å². The van der Waals surface area contributed by atoms with Crippen LogP contribution < -0.4 is 10.1 Å². The zero-order chi connectivity index (χ0) is 19.3. The summed E-state index contributed by atoms with van der Waals surface area (Å²) in [6.07, 6.45) is 0. The Morgan fingerprint density at radius 3 is 2.64 bits per heavy atom. The maximum Gasteiger partial charge on any atom is 0.252 e. The number of aromatic nitrogens is 1. The summed E-state index contributed by atoms with van der Waals surface area (Å²) in [7, 11) is 0. The van der Waals surface area contributed by atoms with Crippen molar-refractivity contribution >= 4 is 28.1 Å². The third-order valence-corrected chi connectivity index (χ3v) is 5.31. The number of nitrogens with zero attached hydrogens (tertiary/aromatic N) is 1. The first-order valence-corrected chi connectivity index (χ1v) is 10.1. The Labute approximate surface area is 167 Å². The number of pyridine rings is 1. The standard InChI is InChI=1S/C23H20N2O2S/c1-2-27-17-11-9-16(10-12-17)15-24-23(26)19-14-21(22-8-5-13-28-22)25-20-7-4-3-6-18(19)20/h3-14H,2,15H2,1H3,(H,24,26). The van der Waals surface area contributed by atoms with Crippen LogP contribution in [0.2, 0.25) is 0 Å². The van der Waals surface area contributed by atoms with Crippen LogP contribution >= 0.6 is 11.3 Å². The van der Waals surface area contributed by atoms with Gasteiger partial charge < -0.3 is 10.1 Å². The van der Waals surface area contributed by atoms with E-state index >= 15 is 0 Å². The molecular formula is C23H20N2O2S. The van der Waals surface area contributed by atoms with Crippen LogP contribution in [0.4, 0.5) is 0 Å². The average molecular weight is 388 g/mol. The minimum absolute atomic E-state index is 0.106. The van der Waals surface area contributed by atoms with Crippen molar-refractivity contribution in [3.8, 4) is 16.3 Å². The summed E-state index contributed by atoms with van der Waals surface area (Å²) in [5, 5.41) is 5.89. The van der Waals surface area contributed by atoms with Gasteiger partial charge >= 0.3 is 0 Å². The van der Waals surface area contributed by atoms with Crippen LogP contribution in [-0.4, -0.2) is 17.5 Å². The molecule has 0 saturated heterocycles. The summed E-state index contributed by atoms with van der Waals surface area (Å²) in [5.41, 5.74) is 3.30. The first kappa shape index (κ1) is 18.2. The monoisotopic (exact) mass is 388 g/mol. The van der Waals surface area contributed by atoms with E-state index in [0.717, 1.165) is 32.8 Å². The highest BCUT2D eigenvalue weighted by molar-refractivity contribution is 7.13. The van der Waals surface area contributed by atoms with Gasteiger partial charge in [0.15, 0.2) is 0 Å². The minimum atomic E-state index is -0.106. The van der Waals surface area contributed by atoms with Crippen LogP contribution in [0.15, 0.2) is 72.1 Å². The molecule has 0 fully saturated rings. The Balaban J connectivity index is 1.59. The van der Waals surface area contributed by atoms with Gasteiger partial charge in [-0.15, -0.1) is 11.3 Å². The minimum Gasteiger partial charge on any atom is -0.494 e. The van der Waals surface area contributed by atoms with E-state index in [1.807, 2.05) is 79.0 Å². The number of carbonyl (C=O) groups excluding carboxylic acids is 1. The molecule has 28 heavy (non-hydrogen) atoms. The summed E-state index contributed by atoms with van der Waals surface area (Å²) in [6.45, 7) is 3.05. The number of benzene rings is 2. The van der Waals surface area contributed by atoms with Crippen LogP contribution in [-0.2, 0) is 6.54 Å². The Morgan fingerprint density at radius 1 is 1.07 bits per heavy atom. The van der Waals surface area contributed by atoms with Crippen molar-refractivity contribution in [2.24, 2.45) is 0 Å². The van der Waals surface area contributed by atoms with Gasteiger partial charge in [-0.1, -0.05) is 36.4 Å². The van der Waals surface area contributed by atoms with Crippen LogP contribution in [0.25, 0.3) is 21.5 Å². The van der Waals surface area contributed by atoms with E-state index in [9.17, 15) is 4.79 Å². The van der Waals surface area contributed by atoms with Gasteiger partial charge in [-0.05, 0) is 48.2 Å². The quantitative estimate of drug-likeness (QED) is 0.488. The maximum atomic E-state index is 13.0. The first-order chi connectivity index (χ1) is 13.7. The Bertz CT molecular complexity index is 1090. The highest BCUT2D eigenvalue weighted by Crippen LogP contribution is 2.28. The normalized spacial score (nSPS) is 10.8. The van der Waals surface area contributed by atoms with Crippen LogP contribution in [0, 0.1) is 0 Å². The molecule has 0 spiro atoms. The summed E-state index contributed by atoms with van der Waals surface area (Å²) in [4.78, 5) is 18.7. The zero-order valence-electron chi connectivity index (χ0n) is 15.5. The molecular weight excluding hydrogens is 368 g/mol. The predicted molar refractivity (Wildman–Crippen MR) is 114 cm³/mol. The van der Waals surface area contributed by atoms with E-state index in [1.54, 1.807) is 11.3 Å². The predicted octanol–water partition coefficient (Wildman–Crippen LogP) is 5.29. The Kier molecular flexibility index (Phi) is 5.35. The topological polar surface area (TPSA) is 51.2 Å². The molecule has 5 heteroatoms. The molecule has 0 bridgehead atoms. The number of carbonyl (C=O) groups is 1. The molecule has 0 aliphatic heterocycles. The maximum absolute atomic E-state index is 13.0. The largest absolute Gasteiger partial charge is 0.494 e. The molecule has 0 saturated carbocycles. The van der Waals surface area contributed by atoms with E-state index in [4.69, 9.17) is 9.72 Å². The van der Waals surface area contributed by atoms with Gasteiger partial charge in [0.05, 0.1) is 28.3 Å². The van der Waals surface area contributed by atoms with Gasteiger partial charge in [0.2, 0.25) is 0 Å². The van der Waals surface area contributed by atoms with Gasteiger partial charge in [-0.2, -0.15) is 0 Å². The molecule has 1 amide bonds. The molecule has 0 aliphatic rings. The number of hydrogen-bond acceptors (Lipinski definition) is 4. The number of thiophene rings is 1. The Morgan fingerprint density at radius 2 is 1.89 bits per heavy atom. The second kappa shape index (κ2) is 8.23. The Hall–Kier alpha value is -3.18. The number of ether oxygens (including phenoxy) is 1. The lowest BCUT2D eigenvalue weighted by molar-refractivity contribution is 0.0952. The lowest BCUT2D eigenvalue weighted by Crippen LogP contribution is -2.23. The number of amides is 1. The third-order valence-electron chi connectivity index (χ3n) is 4.42. The molecule has 4 nitrogen and oxygen atoms in total. The van der Waals surface area contributed by atoms with Crippen molar-refractivity contribution in [1.29, 1.82) is 0 Å². The van der Waals surface area contributed by atoms with E-state index < -0.39 is 0 Å². The lowest BCUT2D eigenvalue weighted by Gasteiger charge is -2.10. The second-order valence-corrected chi connectivity index (χ2v) is 7.26. The fourth-order valence-electron chi connectivity index (χ4n) is 3.06. The highest BCUT2D eigenvalue weighted by Gasteiger charge is 2.14. The van der Waals surface area contributed by atoms with E-state index in [1.165, 1.54) is 0 Å². The van der Waals surface area contributed by atoms with Crippen LogP contribution in [0.3, 0.4) is 0 Å². The molecule has 0 radical (unpaired) electrons. The zero-order valence-corrected chi connectivity index (χ0v) is 16.3. The van der Waals surface area contributed by atoms with Crippen molar-refractivity contribution in [2.75, 3.05) is 6.61 Å². The number of para-hydroxylation sites is 1. The van der Waals surface area contributed by atoms with Crippen molar-refractivity contribution < 1.29 is 9.53 Å². The third kappa shape index (κ3) is 3.89. The number of hydrogen-bond donors (Lipinski definition) is 1. The number of nitrogens with one attached hydrogen (secondary N) is 1. The smallest absolute Gasteiger partial charge is 0.252 e. The van der Waals surface area contributed by atoms with Gasteiger partial charge in [0, 0.05) is 11.9 Å². The number of rotatable bonds is 6. The molecule has 0 unspecified atom stereocenters. The van der Waals surface area contributed by atoms with Crippen molar-refractivity contribution in [3.05, 3.63) is 83.2 Å². The molecule has 140 valence electrons. The van der Waals surface area contributed by atoms with E-state index in [2.05, 4.69) is 5.32 Å². The van der Waals surface area contributed by atoms with Crippen LogP contribution in [0.5, 0.6) is 5.75 Å². The van der Waals surface area contributed by atoms with Crippen molar-refractivity contribution in [3.63, 3.8) is 0 Å². The summed E-state index contributed by atoms with van der Waals surface area (Å²) in [6, 6.07) is 21.4. The van der Waals surface area contributed by atoms with Crippen molar-refractivity contribution in [1.82, 2.24) is 10.3 Å². The SMILES string of the molecule is CCOc1ccc(CNC(=O)c2cc(-c3cccs3)nc3ccccc23)cc1. The van der Waals surface area contributed by atoms with E-state index in [0.29, 0.717) is 18.7 Å². The van der Waals surface area contributed by atoms with Gasteiger partial charge in [-0.25, -0.2) is 4.98 Å².